The Morgan fingerprint density at radius 3 is 2.60 bits per heavy atom. The predicted octanol–water partition coefficient (Wildman–Crippen LogP) is 1.10. The summed E-state index contributed by atoms with van der Waals surface area (Å²) in [4.78, 5) is 13.4. The molecule has 1 aliphatic rings. The van der Waals surface area contributed by atoms with Crippen LogP contribution < -0.4 is 9.88 Å². The summed E-state index contributed by atoms with van der Waals surface area (Å²) in [5.74, 6) is -0.0611. The number of carbonyl (C=O) groups excluding carboxylic acids is 1. The number of sulfonamides is 1. The van der Waals surface area contributed by atoms with E-state index in [0.717, 1.165) is 25.9 Å². The minimum absolute atomic E-state index is 0.0863. The number of rotatable bonds is 4. The number of ether oxygens (including phenoxy) is 1. The summed E-state index contributed by atoms with van der Waals surface area (Å²) >= 11 is 3.17. The normalized spacial score (nSPS) is 15.4. The van der Waals surface area contributed by atoms with E-state index in [1.54, 1.807) is 11.0 Å². The third-order valence-electron chi connectivity index (χ3n) is 3.02. The zero-order chi connectivity index (χ0) is 14.8. The van der Waals surface area contributed by atoms with Crippen LogP contribution in [0.2, 0.25) is 0 Å². The molecule has 1 saturated heterocycles. The molecule has 2 rings (SSSR count). The van der Waals surface area contributed by atoms with E-state index in [1.165, 1.54) is 12.1 Å². The van der Waals surface area contributed by atoms with Crippen LogP contribution in [-0.2, 0) is 14.8 Å². The van der Waals surface area contributed by atoms with E-state index >= 15 is 0 Å². The highest BCUT2D eigenvalue weighted by Crippen LogP contribution is 2.26. The van der Waals surface area contributed by atoms with Gasteiger partial charge in [0.05, 0.1) is 0 Å². The van der Waals surface area contributed by atoms with Crippen molar-refractivity contribution in [2.45, 2.75) is 17.7 Å². The quantitative estimate of drug-likeness (QED) is 0.868. The minimum atomic E-state index is -3.90. The summed E-state index contributed by atoms with van der Waals surface area (Å²) in [5.41, 5.74) is 0. The molecule has 20 heavy (non-hydrogen) atoms. The molecule has 0 aromatic heterocycles. The summed E-state index contributed by atoms with van der Waals surface area (Å²) in [5, 5.41) is 5.13. The highest BCUT2D eigenvalue weighted by Gasteiger charge is 2.20. The average molecular weight is 363 g/mol. The molecule has 0 spiro atoms. The van der Waals surface area contributed by atoms with E-state index in [4.69, 9.17) is 9.88 Å². The van der Waals surface area contributed by atoms with Gasteiger partial charge in [0.2, 0.25) is 10.0 Å². The monoisotopic (exact) mass is 362 g/mol. The number of benzene rings is 1. The number of carbonyl (C=O) groups is 1. The first kappa shape index (κ1) is 15.3. The molecule has 8 heteroatoms. The fraction of sp³-hybridized carbons (Fsp3) is 0.417. The van der Waals surface area contributed by atoms with Crippen molar-refractivity contribution in [1.29, 1.82) is 0 Å². The third kappa shape index (κ3) is 3.71. The van der Waals surface area contributed by atoms with E-state index in [9.17, 15) is 13.2 Å². The van der Waals surface area contributed by atoms with Crippen molar-refractivity contribution in [3.05, 3.63) is 22.7 Å². The predicted molar refractivity (Wildman–Crippen MR) is 76.8 cm³/mol. The Morgan fingerprint density at radius 2 is 2.00 bits per heavy atom. The standard InChI is InChI=1S/C12H15BrN2O4S/c13-9-3-4-10(11(7-9)20(14,17)18)19-8-12(16)15-5-1-2-6-15/h3-4,7H,1-2,5-6,8H2,(H2,14,17,18). The molecule has 110 valence electrons. The maximum absolute atomic E-state index is 11.9. The van der Waals surface area contributed by atoms with Crippen molar-refractivity contribution >= 4 is 31.9 Å². The van der Waals surface area contributed by atoms with Gasteiger partial charge in [0.25, 0.3) is 5.91 Å². The molecule has 0 bridgehead atoms. The maximum atomic E-state index is 11.9. The number of halogens is 1. The van der Waals surface area contributed by atoms with Crippen LogP contribution in [-0.4, -0.2) is 38.9 Å². The van der Waals surface area contributed by atoms with Crippen molar-refractivity contribution < 1.29 is 17.9 Å². The van der Waals surface area contributed by atoms with E-state index in [1.807, 2.05) is 0 Å². The molecule has 1 aromatic carbocycles. The van der Waals surface area contributed by atoms with Crippen molar-refractivity contribution in [2.24, 2.45) is 5.14 Å². The fourth-order valence-electron chi connectivity index (χ4n) is 2.02. The average Bonchev–Trinajstić information content (AvgIpc) is 2.89. The van der Waals surface area contributed by atoms with Gasteiger partial charge in [0.15, 0.2) is 6.61 Å². The van der Waals surface area contributed by atoms with Crippen LogP contribution in [0.1, 0.15) is 12.8 Å². The van der Waals surface area contributed by atoms with Gasteiger partial charge in [-0.2, -0.15) is 0 Å². The van der Waals surface area contributed by atoms with Gasteiger partial charge in [-0.15, -0.1) is 0 Å². The Balaban J connectivity index is 2.11. The highest BCUT2D eigenvalue weighted by molar-refractivity contribution is 9.10. The molecule has 1 aliphatic heterocycles. The molecule has 0 saturated carbocycles. The van der Waals surface area contributed by atoms with Crippen LogP contribution in [0.5, 0.6) is 5.75 Å². The Kier molecular flexibility index (Phi) is 4.66. The van der Waals surface area contributed by atoms with Gasteiger partial charge in [-0.05, 0) is 31.0 Å². The van der Waals surface area contributed by atoms with Gasteiger partial charge in [0, 0.05) is 17.6 Å². The van der Waals surface area contributed by atoms with Crippen LogP contribution in [0, 0.1) is 0 Å². The number of nitrogens with two attached hydrogens (primary N) is 1. The Labute approximate surface area is 126 Å². The van der Waals surface area contributed by atoms with Crippen LogP contribution in [0.3, 0.4) is 0 Å². The largest absolute Gasteiger partial charge is 0.482 e. The molecular formula is C12H15BrN2O4S. The number of hydrogen-bond acceptors (Lipinski definition) is 4. The molecule has 1 aromatic rings. The van der Waals surface area contributed by atoms with Crippen molar-refractivity contribution in [3.63, 3.8) is 0 Å². The summed E-state index contributed by atoms with van der Waals surface area (Å²) in [6.45, 7) is 1.26. The van der Waals surface area contributed by atoms with Crippen LogP contribution in [0.25, 0.3) is 0 Å². The van der Waals surface area contributed by atoms with Gasteiger partial charge < -0.3 is 9.64 Å². The summed E-state index contributed by atoms with van der Waals surface area (Å²) < 4.78 is 28.9. The lowest BCUT2D eigenvalue weighted by molar-refractivity contribution is -0.132. The highest BCUT2D eigenvalue weighted by atomic mass is 79.9. The fourth-order valence-corrected chi connectivity index (χ4v) is 3.23. The van der Waals surface area contributed by atoms with Gasteiger partial charge >= 0.3 is 0 Å². The second-order valence-corrected chi connectivity index (χ2v) is 6.96. The first-order valence-corrected chi connectivity index (χ1v) is 8.45. The van der Waals surface area contributed by atoms with Crippen LogP contribution >= 0.6 is 15.9 Å². The Hall–Kier alpha value is -1.12. The lowest BCUT2D eigenvalue weighted by atomic mass is 10.3. The second-order valence-electron chi connectivity index (χ2n) is 4.51. The zero-order valence-electron chi connectivity index (χ0n) is 10.7. The topological polar surface area (TPSA) is 89.7 Å². The molecule has 6 nitrogen and oxygen atoms in total. The van der Waals surface area contributed by atoms with Crippen LogP contribution in [0.15, 0.2) is 27.6 Å². The van der Waals surface area contributed by atoms with Crippen molar-refractivity contribution in [3.8, 4) is 5.75 Å². The van der Waals surface area contributed by atoms with Crippen LogP contribution in [0.4, 0.5) is 0 Å². The van der Waals surface area contributed by atoms with Crippen molar-refractivity contribution in [1.82, 2.24) is 4.90 Å². The van der Waals surface area contributed by atoms with E-state index in [-0.39, 0.29) is 23.2 Å². The number of primary sulfonamides is 1. The van der Waals surface area contributed by atoms with E-state index in [2.05, 4.69) is 15.9 Å². The molecule has 2 N–H and O–H groups in total. The second kappa shape index (κ2) is 6.11. The molecule has 0 atom stereocenters. The van der Waals surface area contributed by atoms with E-state index < -0.39 is 10.0 Å². The first-order chi connectivity index (χ1) is 9.38. The number of amides is 1. The van der Waals surface area contributed by atoms with Crippen molar-refractivity contribution in [2.75, 3.05) is 19.7 Å². The van der Waals surface area contributed by atoms with Gasteiger partial charge in [-0.25, -0.2) is 13.6 Å². The number of nitrogens with zero attached hydrogens (tertiary/aromatic N) is 1. The lowest BCUT2D eigenvalue weighted by Crippen LogP contribution is -2.32. The number of likely N-dealkylation sites (tertiary alicyclic amines) is 1. The van der Waals surface area contributed by atoms with Gasteiger partial charge in [0.1, 0.15) is 10.6 Å². The molecule has 0 radical (unpaired) electrons. The molecule has 1 heterocycles. The molecule has 0 unspecified atom stereocenters. The van der Waals surface area contributed by atoms with E-state index in [0.29, 0.717) is 4.47 Å². The maximum Gasteiger partial charge on any atom is 0.260 e. The molecule has 1 amide bonds. The SMILES string of the molecule is NS(=O)(=O)c1cc(Br)ccc1OCC(=O)N1CCCC1. The zero-order valence-corrected chi connectivity index (χ0v) is 13.1. The number of hydrogen-bond donors (Lipinski definition) is 1. The summed E-state index contributed by atoms with van der Waals surface area (Å²) in [6.07, 6.45) is 1.99. The molecule has 1 fully saturated rings. The summed E-state index contributed by atoms with van der Waals surface area (Å²) in [7, 11) is -3.90. The third-order valence-corrected chi connectivity index (χ3v) is 4.45. The minimum Gasteiger partial charge on any atom is -0.482 e. The lowest BCUT2D eigenvalue weighted by Gasteiger charge is -2.16. The Bertz CT molecular complexity index is 612. The first-order valence-electron chi connectivity index (χ1n) is 6.11. The Morgan fingerprint density at radius 1 is 1.35 bits per heavy atom. The van der Waals surface area contributed by atoms with Gasteiger partial charge in [-0.3, -0.25) is 4.79 Å². The van der Waals surface area contributed by atoms with Gasteiger partial charge in [-0.1, -0.05) is 15.9 Å². The smallest absolute Gasteiger partial charge is 0.260 e. The summed E-state index contributed by atoms with van der Waals surface area (Å²) in [6, 6.07) is 4.45. The molecular weight excluding hydrogens is 348 g/mol. The molecule has 0 aliphatic carbocycles.